The van der Waals surface area contributed by atoms with Crippen molar-refractivity contribution in [2.45, 2.75) is 21.0 Å². The number of alkyl halides is 3. The lowest BCUT2D eigenvalue weighted by Gasteiger charge is -2.25. The first-order valence-corrected chi connectivity index (χ1v) is 8.64. The monoisotopic (exact) mass is 393 g/mol. The van der Waals surface area contributed by atoms with E-state index in [1.165, 1.54) is 24.3 Å². The average molecular weight is 395 g/mol. The Morgan fingerprint density at radius 1 is 1.29 bits per heavy atom. The molecule has 10 heteroatoms. The SMILES string of the molecule is CCOC(=O)N[C@@H](C(Cl)(Cl)Cl)S(=O)(=O)c1ccc(Cl)cc1. The molecule has 0 heterocycles. The van der Waals surface area contributed by atoms with Gasteiger partial charge < -0.3 is 10.1 Å². The van der Waals surface area contributed by atoms with Crippen molar-refractivity contribution in [2.24, 2.45) is 0 Å². The molecule has 0 aliphatic carbocycles. The molecule has 118 valence electrons. The number of carbonyl (C=O) groups is 1. The summed E-state index contributed by atoms with van der Waals surface area (Å²) in [5, 5.41) is 0.568. The van der Waals surface area contributed by atoms with Gasteiger partial charge in [0.15, 0.2) is 5.37 Å². The standard InChI is InChI=1S/C11H11Cl4NO4S/c1-2-20-10(17)16-9(11(13,14)15)21(18,19)8-5-3-7(12)4-6-8/h3-6,9H,2H2,1H3,(H,16,17)/t9-/m1/s1. The fourth-order valence-electron chi connectivity index (χ4n) is 1.38. The zero-order chi connectivity index (χ0) is 16.3. The van der Waals surface area contributed by atoms with Crippen molar-refractivity contribution < 1.29 is 17.9 Å². The highest BCUT2D eigenvalue weighted by Crippen LogP contribution is 2.36. The summed E-state index contributed by atoms with van der Waals surface area (Å²) in [5.74, 6) is 0. The molecule has 1 N–H and O–H groups in total. The van der Waals surface area contributed by atoms with E-state index in [9.17, 15) is 13.2 Å². The van der Waals surface area contributed by atoms with Crippen LogP contribution in [0.1, 0.15) is 6.92 Å². The fourth-order valence-corrected chi connectivity index (χ4v) is 4.11. The quantitative estimate of drug-likeness (QED) is 0.792. The van der Waals surface area contributed by atoms with Gasteiger partial charge >= 0.3 is 6.09 Å². The van der Waals surface area contributed by atoms with Gasteiger partial charge in [0.2, 0.25) is 13.6 Å². The summed E-state index contributed by atoms with van der Waals surface area (Å²) in [6, 6.07) is 5.23. The molecule has 0 aromatic heterocycles. The summed E-state index contributed by atoms with van der Waals surface area (Å²) in [4.78, 5) is 11.3. The van der Waals surface area contributed by atoms with Crippen molar-refractivity contribution in [1.82, 2.24) is 5.32 Å². The van der Waals surface area contributed by atoms with E-state index in [1.807, 2.05) is 5.32 Å². The minimum atomic E-state index is -4.16. The van der Waals surface area contributed by atoms with Crippen LogP contribution in [0.3, 0.4) is 0 Å². The van der Waals surface area contributed by atoms with Crippen molar-refractivity contribution in [3.05, 3.63) is 29.3 Å². The number of hydrogen-bond donors (Lipinski definition) is 1. The number of ether oxygens (including phenoxy) is 1. The van der Waals surface area contributed by atoms with Gasteiger partial charge in [-0.05, 0) is 31.2 Å². The van der Waals surface area contributed by atoms with Crippen LogP contribution in [0, 0.1) is 0 Å². The van der Waals surface area contributed by atoms with Gasteiger partial charge in [-0.25, -0.2) is 13.2 Å². The number of halogens is 4. The van der Waals surface area contributed by atoms with Crippen LogP contribution >= 0.6 is 46.4 Å². The van der Waals surface area contributed by atoms with Crippen LogP contribution in [0.4, 0.5) is 4.79 Å². The molecule has 0 radical (unpaired) electrons. The number of nitrogens with one attached hydrogen (secondary N) is 1. The average Bonchev–Trinajstić information content (AvgIpc) is 2.35. The number of carbonyl (C=O) groups excluding carboxylic acids is 1. The molecule has 0 fully saturated rings. The summed E-state index contributed by atoms with van der Waals surface area (Å²) >= 11 is 22.7. The number of amides is 1. The van der Waals surface area contributed by atoms with Crippen LogP contribution in [-0.4, -0.2) is 30.3 Å². The van der Waals surface area contributed by atoms with Gasteiger partial charge in [0.05, 0.1) is 11.5 Å². The summed E-state index contributed by atoms with van der Waals surface area (Å²) in [6.45, 7) is 1.59. The number of hydrogen-bond acceptors (Lipinski definition) is 4. The van der Waals surface area contributed by atoms with Crippen LogP contribution in [0.5, 0.6) is 0 Å². The lowest BCUT2D eigenvalue weighted by Crippen LogP contribution is -2.49. The smallest absolute Gasteiger partial charge is 0.408 e. The Morgan fingerprint density at radius 3 is 2.24 bits per heavy atom. The van der Waals surface area contributed by atoms with E-state index in [0.717, 1.165) is 0 Å². The van der Waals surface area contributed by atoms with E-state index in [1.54, 1.807) is 6.92 Å². The lowest BCUT2D eigenvalue weighted by molar-refractivity contribution is 0.151. The molecule has 1 amide bonds. The van der Waals surface area contributed by atoms with Gasteiger partial charge in [-0.3, -0.25) is 0 Å². The molecule has 0 aliphatic heterocycles. The Balaban J connectivity index is 3.18. The van der Waals surface area contributed by atoms with Crippen LogP contribution in [0.15, 0.2) is 29.2 Å². The Morgan fingerprint density at radius 2 is 1.81 bits per heavy atom. The van der Waals surface area contributed by atoms with E-state index in [4.69, 9.17) is 46.4 Å². The Kier molecular flexibility index (Phi) is 6.43. The van der Waals surface area contributed by atoms with Gasteiger partial charge in [0.25, 0.3) is 0 Å². The molecule has 1 aromatic rings. The number of alkyl carbamates (subject to hydrolysis) is 1. The van der Waals surface area contributed by atoms with Crippen molar-refractivity contribution in [2.75, 3.05) is 6.61 Å². The Bertz CT molecular complexity index is 598. The molecule has 0 bridgehead atoms. The molecule has 1 aromatic carbocycles. The third-order valence-corrected chi connectivity index (χ3v) is 5.59. The summed E-state index contributed by atoms with van der Waals surface area (Å²) in [7, 11) is -4.16. The highest BCUT2D eigenvalue weighted by molar-refractivity contribution is 7.92. The van der Waals surface area contributed by atoms with E-state index in [2.05, 4.69) is 4.74 Å². The Labute approximate surface area is 142 Å². The van der Waals surface area contributed by atoms with Crippen molar-refractivity contribution in [1.29, 1.82) is 0 Å². The highest BCUT2D eigenvalue weighted by atomic mass is 35.6. The molecule has 5 nitrogen and oxygen atoms in total. The maximum atomic E-state index is 12.5. The normalized spacial score (nSPS) is 13.6. The molecular formula is C11H11Cl4NO4S. The summed E-state index contributed by atoms with van der Waals surface area (Å²) in [5.41, 5.74) is 0. The van der Waals surface area contributed by atoms with Crippen LogP contribution in [0.25, 0.3) is 0 Å². The van der Waals surface area contributed by atoms with E-state index >= 15 is 0 Å². The lowest BCUT2D eigenvalue weighted by atomic mass is 10.4. The van der Waals surface area contributed by atoms with Crippen molar-refractivity contribution in [3.63, 3.8) is 0 Å². The molecule has 21 heavy (non-hydrogen) atoms. The van der Waals surface area contributed by atoms with E-state index in [0.29, 0.717) is 5.02 Å². The minimum absolute atomic E-state index is 0.0411. The molecule has 0 spiro atoms. The van der Waals surface area contributed by atoms with Gasteiger partial charge in [0, 0.05) is 5.02 Å². The molecule has 0 saturated heterocycles. The maximum absolute atomic E-state index is 12.5. The van der Waals surface area contributed by atoms with Gasteiger partial charge in [-0.1, -0.05) is 46.4 Å². The van der Waals surface area contributed by atoms with Crippen molar-refractivity contribution in [3.8, 4) is 0 Å². The second-order valence-electron chi connectivity index (χ2n) is 3.79. The first-order chi connectivity index (χ1) is 9.59. The summed E-state index contributed by atoms with van der Waals surface area (Å²) < 4.78 is 27.2. The summed E-state index contributed by atoms with van der Waals surface area (Å²) in [6.07, 6.45) is -1.01. The van der Waals surface area contributed by atoms with E-state index < -0.39 is 25.1 Å². The third-order valence-electron chi connectivity index (χ3n) is 2.27. The largest absolute Gasteiger partial charge is 0.450 e. The third kappa shape index (κ3) is 5.07. The highest BCUT2D eigenvalue weighted by Gasteiger charge is 2.45. The minimum Gasteiger partial charge on any atom is -0.450 e. The molecular weight excluding hydrogens is 384 g/mol. The van der Waals surface area contributed by atoms with Crippen LogP contribution in [-0.2, 0) is 14.6 Å². The number of rotatable bonds is 4. The molecule has 1 rings (SSSR count). The Hall–Kier alpha value is -0.400. The number of sulfone groups is 1. The molecule has 0 saturated carbocycles. The predicted octanol–water partition coefficient (Wildman–Crippen LogP) is 3.56. The zero-order valence-electron chi connectivity index (χ0n) is 10.6. The van der Waals surface area contributed by atoms with Crippen LogP contribution in [0.2, 0.25) is 5.02 Å². The number of benzene rings is 1. The van der Waals surface area contributed by atoms with Crippen LogP contribution < -0.4 is 5.32 Å². The van der Waals surface area contributed by atoms with Crippen molar-refractivity contribution >= 4 is 62.3 Å². The predicted molar refractivity (Wildman–Crippen MR) is 82.9 cm³/mol. The first kappa shape index (κ1) is 18.6. The zero-order valence-corrected chi connectivity index (χ0v) is 14.5. The molecule has 0 aliphatic rings. The molecule has 1 atom stereocenters. The fraction of sp³-hybridized carbons (Fsp3) is 0.364. The maximum Gasteiger partial charge on any atom is 0.408 e. The second kappa shape index (κ2) is 7.24. The topological polar surface area (TPSA) is 72.5 Å². The molecule has 0 unspecified atom stereocenters. The van der Waals surface area contributed by atoms with Gasteiger partial charge in [-0.15, -0.1) is 0 Å². The first-order valence-electron chi connectivity index (χ1n) is 5.58. The second-order valence-corrected chi connectivity index (χ2v) is 8.62. The van der Waals surface area contributed by atoms with E-state index in [-0.39, 0.29) is 11.5 Å². The van der Waals surface area contributed by atoms with Gasteiger partial charge in [-0.2, -0.15) is 0 Å². The van der Waals surface area contributed by atoms with Gasteiger partial charge in [0.1, 0.15) is 0 Å².